The highest BCUT2D eigenvalue weighted by Gasteiger charge is 2.25. The first-order valence-corrected chi connectivity index (χ1v) is 9.96. The fourth-order valence-electron chi connectivity index (χ4n) is 2.68. The molecule has 142 valence electrons. The molecule has 1 fully saturated rings. The Labute approximate surface area is 171 Å². The van der Waals surface area contributed by atoms with Crippen LogP contribution in [0, 0.1) is 0 Å². The van der Waals surface area contributed by atoms with Crippen molar-refractivity contribution in [3.8, 4) is 0 Å². The summed E-state index contributed by atoms with van der Waals surface area (Å²) < 4.78 is 5.35. The summed E-state index contributed by atoms with van der Waals surface area (Å²) in [6.45, 7) is 5.04. The number of guanidine groups is 1. The summed E-state index contributed by atoms with van der Waals surface area (Å²) in [6.07, 6.45) is 6.13. The zero-order chi connectivity index (χ0) is 17.2. The van der Waals surface area contributed by atoms with Gasteiger partial charge in [0.25, 0.3) is 0 Å². The summed E-state index contributed by atoms with van der Waals surface area (Å²) in [5, 5.41) is 6.84. The Morgan fingerprint density at radius 1 is 1.52 bits per heavy atom. The van der Waals surface area contributed by atoms with Crippen molar-refractivity contribution in [2.24, 2.45) is 4.99 Å². The van der Waals surface area contributed by atoms with Gasteiger partial charge in [0.1, 0.15) is 5.76 Å². The second-order valence-corrected chi connectivity index (χ2v) is 6.79. The summed E-state index contributed by atoms with van der Waals surface area (Å²) in [6, 6.07) is 4.15. The van der Waals surface area contributed by atoms with E-state index in [4.69, 9.17) is 4.42 Å². The van der Waals surface area contributed by atoms with Crippen LogP contribution in [0.2, 0.25) is 0 Å². The monoisotopic (exact) mass is 480 g/mol. The molecule has 1 aromatic heterocycles. The molecular weight excluding hydrogens is 451 g/mol. The quantitative estimate of drug-likeness (QED) is 0.259. The minimum atomic E-state index is 0. The number of thioether (sulfide) groups is 1. The molecule has 25 heavy (non-hydrogen) atoms. The highest BCUT2D eigenvalue weighted by atomic mass is 127. The van der Waals surface area contributed by atoms with Crippen molar-refractivity contribution in [1.82, 2.24) is 15.5 Å². The van der Waals surface area contributed by atoms with Crippen LogP contribution in [0.5, 0.6) is 0 Å². The highest BCUT2D eigenvalue weighted by Crippen LogP contribution is 2.10. The minimum Gasteiger partial charge on any atom is -0.469 e. The zero-order valence-electron chi connectivity index (χ0n) is 15.0. The molecule has 0 saturated carbocycles. The fraction of sp³-hybridized carbons (Fsp3) is 0.647. The molecule has 0 aromatic carbocycles. The van der Waals surface area contributed by atoms with Gasteiger partial charge in [-0.05, 0) is 24.8 Å². The van der Waals surface area contributed by atoms with Crippen LogP contribution in [0.3, 0.4) is 0 Å². The van der Waals surface area contributed by atoms with Crippen LogP contribution < -0.4 is 10.6 Å². The van der Waals surface area contributed by atoms with Crippen molar-refractivity contribution in [1.29, 1.82) is 0 Å². The molecule has 0 bridgehead atoms. The van der Waals surface area contributed by atoms with Crippen LogP contribution in [0.15, 0.2) is 27.8 Å². The smallest absolute Gasteiger partial charge is 0.222 e. The number of carbonyl (C=O) groups is 1. The molecule has 1 unspecified atom stereocenters. The number of rotatable bonds is 8. The van der Waals surface area contributed by atoms with Crippen molar-refractivity contribution >= 4 is 47.6 Å². The molecule has 1 saturated heterocycles. The van der Waals surface area contributed by atoms with E-state index >= 15 is 0 Å². The van der Waals surface area contributed by atoms with E-state index in [1.54, 1.807) is 18.0 Å². The molecule has 2 heterocycles. The van der Waals surface area contributed by atoms with E-state index in [0.717, 1.165) is 56.5 Å². The Hall–Kier alpha value is -0.900. The maximum absolute atomic E-state index is 11.8. The maximum Gasteiger partial charge on any atom is 0.222 e. The van der Waals surface area contributed by atoms with Gasteiger partial charge < -0.3 is 20.0 Å². The Kier molecular flexibility index (Phi) is 11.0. The summed E-state index contributed by atoms with van der Waals surface area (Å²) in [4.78, 5) is 18.4. The van der Waals surface area contributed by atoms with Crippen molar-refractivity contribution < 1.29 is 9.21 Å². The Balaban J connectivity index is 0.00000312. The summed E-state index contributed by atoms with van der Waals surface area (Å²) in [5.74, 6) is 3.01. The minimum absolute atomic E-state index is 0. The predicted molar refractivity (Wildman–Crippen MR) is 115 cm³/mol. The number of nitrogens with zero attached hydrogens (tertiary/aromatic N) is 2. The van der Waals surface area contributed by atoms with Gasteiger partial charge in [-0.15, -0.1) is 24.0 Å². The van der Waals surface area contributed by atoms with Crippen LogP contribution in [-0.4, -0.2) is 61.0 Å². The molecule has 2 N–H and O–H groups in total. The molecule has 2 rings (SSSR count). The van der Waals surface area contributed by atoms with Gasteiger partial charge in [0.15, 0.2) is 5.96 Å². The van der Waals surface area contributed by atoms with Gasteiger partial charge in [-0.25, -0.2) is 0 Å². The lowest BCUT2D eigenvalue weighted by atomic mass is 10.3. The largest absolute Gasteiger partial charge is 0.469 e. The van der Waals surface area contributed by atoms with E-state index in [1.807, 2.05) is 24.0 Å². The summed E-state index contributed by atoms with van der Waals surface area (Å²) in [5.41, 5.74) is 0. The van der Waals surface area contributed by atoms with Gasteiger partial charge in [0.2, 0.25) is 5.91 Å². The van der Waals surface area contributed by atoms with E-state index < -0.39 is 0 Å². The number of halogens is 1. The van der Waals surface area contributed by atoms with Crippen LogP contribution in [-0.2, 0) is 11.2 Å². The van der Waals surface area contributed by atoms with Gasteiger partial charge in [-0.2, -0.15) is 11.8 Å². The van der Waals surface area contributed by atoms with Crippen LogP contribution in [0.25, 0.3) is 0 Å². The molecule has 6 nitrogen and oxygen atoms in total. The second kappa shape index (κ2) is 12.5. The molecule has 0 radical (unpaired) electrons. The molecule has 0 spiro atoms. The lowest BCUT2D eigenvalue weighted by Gasteiger charge is -2.19. The number of hydrogen-bond acceptors (Lipinski definition) is 4. The summed E-state index contributed by atoms with van der Waals surface area (Å²) >= 11 is 1.78. The Bertz CT molecular complexity index is 525. The zero-order valence-corrected chi connectivity index (χ0v) is 18.1. The molecule has 1 amide bonds. The van der Waals surface area contributed by atoms with Gasteiger partial charge in [-0.1, -0.05) is 6.92 Å². The number of amides is 1. The topological polar surface area (TPSA) is 69.9 Å². The number of carbonyl (C=O) groups excluding carboxylic acids is 1. The molecule has 1 aromatic rings. The third kappa shape index (κ3) is 7.89. The molecule has 1 aliphatic heterocycles. The molecule has 0 aliphatic carbocycles. The third-order valence-corrected chi connectivity index (χ3v) is 4.58. The van der Waals surface area contributed by atoms with Crippen LogP contribution >= 0.6 is 35.7 Å². The number of hydrogen-bond donors (Lipinski definition) is 2. The predicted octanol–water partition coefficient (Wildman–Crippen LogP) is 2.35. The lowest BCUT2D eigenvalue weighted by molar-refractivity contribution is -0.129. The fourth-order valence-corrected chi connectivity index (χ4v) is 2.96. The SMILES string of the molecule is CCC(=O)N1CCC(NC(=NCCSC)NCCc2ccco2)C1.I. The van der Waals surface area contributed by atoms with Crippen LogP contribution in [0.1, 0.15) is 25.5 Å². The van der Waals surface area contributed by atoms with Crippen molar-refractivity contribution in [2.45, 2.75) is 32.2 Å². The van der Waals surface area contributed by atoms with E-state index in [2.05, 4.69) is 21.9 Å². The number of likely N-dealkylation sites (tertiary alicyclic amines) is 1. The van der Waals surface area contributed by atoms with E-state index in [-0.39, 0.29) is 35.9 Å². The van der Waals surface area contributed by atoms with E-state index in [1.165, 1.54) is 0 Å². The first kappa shape index (κ1) is 22.1. The molecule has 1 aliphatic rings. The average Bonchev–Trinajstić information content (AvgIpc) is 3.26. The van der Waals surface area contributed by atoms with E-state index in [0.29, 0.717) is 6.42 Å². The van der Waals surface area contributed by atoms with Crippen LogP contribution in [0.4, 0.5) is 0 Å². The van der Waals surface area contributed by atoms with Gasteiger partial charge in [0.05, 0.1) is 12.8 Å². The van der Waals surface area contributed by atoms with Crippen molar-refractivity contribution in [3.63, 3.8) is 0 Å². The Morgan fingerprint density at radius 2 is 2.36 bits per heavy atom. The van der Waals surface area contributed by atoms with Crippen molar-refractivity contribution in [3.05, 3.63) is 24.2 Å². The second-order valence-electron chi connectivity index (χ2n) is 5.80. The third-order valence-electron chi connectivity index (χ3n) is 3.99. The lowest BCUT2D eigenvalue weighted by Crippen LogP contribution is -2.45. The van der Waals surface area contributed by atoms with Gasteiger partial charge in [-0.3, -0.25) is 9.79 Å². The Morgan fingerprint density at radius 3 is 3.04 bits per heavy atom. The highest BCUT2D eigenvalue weighted by molar-refractivity contribution is 14.0. The number of nitrogens with one attached hydrogen (secondary N) is 2. The van der Waals surface area contributed by atoms with Crippen molar-refractivity contribution in [2.75, 3.05) is 38.2 Å². The van der Waals surface area contributed by atoms with Gasteiger partial charge in [0, 0.05) is 44.3 Å². The molecular formula is C17H29IN4O2S. The number of aliphatic imine (C=N–C) groups is 1. The average molecular weight is 480 g/mol. The maximum atomic E-state index is 11.8. The molecule has 8 heteroatoms. The molecule has 1 atom stereocenters. The standard InChI is InChI=1S/C17H28N4O2S.HI/c1-3-16(22)21-10-7-14(13-21)20-17(19-9-12-24-2)18-8-6-15-5-4-11-23-15;/h4-5,11,14H,3,6-10,12-13H2,1-2H3,(H2,18,19,20);1H. The first-order chi connectivity index (χ1) is 11.7. The summed E-state index contributed by atoms with van der Waals surface area (Å²) in [7, 11) is 0. The van der Waals surface area contributed by atoms with Gasteiger partial charge >= 0.3 is 0 Å². The number of furan rings is 1. The first-order valence-electron chi connectivity index (χ1n) is 8.57. The normalized spacial score (nSPS) is 17.3. The van der Waals surface area contributed by atoms with E-state index in [9.17, 15) is 4.79 Å².